The molecule has 3 rings (SSSR count). The second-order valence-electron chi connectivity index (χ2n) is 8.24. The largest absolute Gasteiger partial charge is 0.497 e. The van der Waals surface area contributed by atoms with Crippen LogP contribution in [0.1, 0.15) is 22.3 Å². The Hall–Kier alpha value is -4.86. The maximum Gasteiger partial charge on any atom is 0.329 e. The first-order chi connectivity index (χ1) is 18.3. The number of aryl methyl sites for hydroxylation is 2. The number of hydrogen-bond acceptors (Lipinski definition) is 7. The van der Waals surface area contributed by atoms with E-state index in [1.165, 1.54) is 13.3 Å². The van der Waals surface area contributed by atoms with E-state index in [-0.39, 0.29) is 19.1 Å². The molecule has 0 aliphatic heterocycles. The summed E-state index contributed by atoms with van der Waals surface area (Å²) >= 11 is 0. The number of amides is 3. The van der Waals surface area contributed by atoms with Crippen molar-refractivity contribution in [3.8, 4) is 17.2 Å². The molecule has 0 saturated carbocycles. The number of hydrazone groups is 1. The minimum Gasteiger partial charge on any atom is -0.497 e. The number of nitrogens with zero attached hydrogens (tertiary/aromatic N) is 1. The zero-order valence-electron chi connectivity index (χ0n) is 21.7. The molecule has 0 aromatic heterocycles. The molecule has 3 amide bonds. The molecule has 0 atom stereocenters. The lowest BCUT2D eigenvalue weighted by atomic mass is 10.1. The van der Waals surface area contributed by atoms with E-state index >= 15 is 0 Å². The summed E-state index contributed by atoms with van der Waals surface area (Å²) in [5, 5.41) is 9.20. The minimum absolute atomic E-state index is 0.182. The molecular formula is C28H30N4O6. The Balaban J connectivity index is 1.50. The SMILES string of the molecule is COc1ccc(CNC(=O)C(=O)N/N=C\c2ccc(OCC(=O)Nc3c(C)cccc3C)c(OC)c2)cc1. The number of rotatable bonds is 10. The van der Waals surface area contributed by atoms with Crippen molar-refractivity contribution in [2.24, 2.45) is 5.10 Å². The van der Waals surface area contributed by atoms with Gasteiger partial charge in [0, 0.05) is 12.2 Å². The van der Waals surface area contributed by atoms with E-state index in [0.717, 1.165) is 22.4 Å². The zero-order chi connectivity index (χ0) is 27.5. The topological polar surface area (TPSA) is 127 Å². The summed E-state index contributed by atoms with van der Waals surface area (Å²) < 4.78 is 16.1. The van der Waals surface area contributed by atoms with Gasteiger partial charge in [-0.1, -0.05) is 30.3 Å². The molecular weight excluding hydrogens is 488 g/mol. The van der Waals surface area contributed by atoms with Gasteiger partial charge in [0.05, 0.1) is 20.4 Å². The first kappa shape index (κ1) is 27.7. The first-order valence-electron chi connectivity index (χ1n) is 11.7. The Kier molecular flexibility index (Phi) is 9.81. The molecule has 0 unspecified atom stereocenters. The Morgan fingerprint density at radius 2 is 1.58 bits per heavy atom. The molecule has 3 aromatic rings. The monoisotopic (exact) mass is 518 g/mol. The summed E-state index contributed by atoms with van der Waals surface area (Å²) in [5.41, 5.74) is 6.25. The van der Waals surface area contributed by atoms with E-state index in [4.69, 9.17) is 14.2 Å². The van der Waals surface area contributed by atoms with Crippen LogP contribution in [0.3, 0.4) is 0 Å². The molecule has 0 fully saturated rings. The van der Waals surface area contributed by atoms with Crippen molar-refractivity contribution in [2.75, 3.05) is 26.1 Å². The summed E-state index contributed by atoms with van der Waals surface area (Å²) in [4.78, 5) is 36.4. The molecule has 10 heteroatoms. The van der Waals surface area contributed by atoms with Gasteiger partial charge in [0.2, 0.25) is 0 Å². The fraction of sp³-hybridized carbons (Fsp3) is 0.214. The van der Waals surface area contributed by atoms with Crippen molar-refractivity contribution in [2.45, 2.75) is 20.4 Å². The Morgan fingerprint density at radius 3 is 2.24 bits per heavy atom. The second-order valence-corrected chi connectivity index (χ2v) is 8.24. The molecule has 0 spiro atoms. The summed E-state index contributed by atoms with van der Waals surface area (Å²) in [6.07, 6.45) is 1.36. The zero-order valence-corrected chi connectivity index (χ0v) is 21.7. The van der Waals surface area contributed by atoms with Gasteiger partial charge in [-0.3, -0.25) is 14.4 Å². The molecule has 3 N–H and O–H groups in total. The molecule has 0 aliphatic carbocycles. The van der Waals surface area contributed by atoms with Gasteiger partial charge in [0.25, 0.3) is 5.91 Å². The lowest BCUT2D eigenvalue weighted by molar-refractivity contribution is -0.139. The molecule has 0 heterocycles. The summed E-state index contributed by atoms with van der Waals surface area (Å²) in [6.45, 7) is 3.81. The van der Waals surface area contributed by atoms with Crippen molar-refractivity contribution in [3.05, 3.63) is 82.9 Å². The van der Waals surface area contributed by atoms with E-state index in [1.807, 2.05) is 32.0 Å². The number of para-hydroxylation sites is 1. The van der Waals surface area contributed by atoms with E-state index in [1.54, 1.807) is 49.6 Å². The van der Waals surface area contributed by atoms with Gasteiger partial charge in [0.15, 0.2) is 18.1 Å². The van der Waals surface area contributed by atoms with Gasteiger partial charge in [0.1, 0.15) is 5.75 Å². The smallest absolute Gasteiger partial charge is 0.329 e. The van der Waals surface area contributed by atoms with Crippen LogP contribution in [-0.4, -0.2) is 44.8 Å². The first-order valence-corrected chi connectivity index (χ1v) is 11.7. The Bertz CT molecular complexity index is 1300. The van der Waals surface area contributed by atoms with Gasteiger partial charge in [-0.25, -0.2) is 5.43 Å². The summed E-state index contributed by atoms with van der Waals surface area (Å²) in [5.74, 6) is -0.596. The van der Waals surface area contributed by atoms with Crippen LogP contribution in [0.4, 0.5) is 5.69 Å². The maximum absolute atomic E-state index is 12.4. The third-order valence-electron chi connectivity index (χ3n) is 5.49. The second kappa shape index (κ2) is 13.4. The fourth-order valence-electron chi connectivity index (χ4n) is 3.44. The van der Waals surface area contributed by atoms with Gasteiger partial charge >= 0.3 is 11.8 Å². The number of methoxy groups -OCH3 is 2. The van der Waals surface area contributed by atoms with Crippen LogP contribution in [0.5, 0.6) is 17.2 Å². The molecule has 198 valence electrons. The van der Waals surface area contributed by atoms with Crippen LogP contribution in [0, 0.1) is 13.8 Å². The van der Waals surface area contributed by atoms with Crippen molar-refractivity contribution < 1.29 is 28.6 Å². The highest BCUT2D eigenvalue weighted by Gasteiger charge is 2.13. The number of nitrogens with one attached hydrogen (secondary N) is 3. The van der Waals surface area contributed by atoms with E-state index in [9.17, 15) is 14.4 Å². The van der Waals surface area contributed by atoms with E-state index < -0.39 is 11.8 Å². The van der Waals surface area contributed by atoms with Gasteiger partial charge in [-0.15, -0.1) is 0 Å². The lowest BCUT2D eigenvalue weighted by Crippen LogP contribution is -2.37. The molecule has 0 bridgehead atoms. The summed E-state index contributed by atoms with van der Waals surface area (Å²) in [7, 11) is 3.03. The number of carbonyl (C=O) groups excluding carboxylic acids is 3. The standard InChI is InChI=1S/C28H30N4O6/c1-18-6-5-7-19(2)26(18)31-25(33)17-38-23-13-10-21(14-24(23)37-4)16-30-32-28(35)27(34)29-15-20-8-11-22(36-3)12-9-20/h5-14,16H,15,17H2,1-4H3,(H,29,34)(H,31,33)(H,32,35)/b30-16-. The molecule has 38 heavy (non-hydrogen) atoms. The van der Waals surface area contributed by atoms with E-state index in [0.29, 0.717) is 22.8 Å². The van der Waals surface area contributed by atoms with Crippen LogP contribution >= 0.6 is 0 Å². The number of anilines is 1. The summed E-state index contributed by atoms with van der Waals surface area (Å²) in [6, 6.07) is 17.8. The van der Waals surface area contributed by atoms with Crippen molar-refractivity contribution in [1.82, 2.24) is 10.7 Å². The van der Waals surface area contributed by atoms with Crippen molar-refractivity contribution >= 4 is 29.6 Å². The quantitative estimate of drug-likeness (QED) is 0.215. The minimum atomic E-state index is -0.906. The van der Waals surface area contributed by atoms with Crippen LogP contribution in [-0.2, 0) is 20.9 Å². The van der Waals surface area contributed by atoms with Gasteiger partial charge in [-0.2, -0.15) is 5.10 Å². The highest BCUT2D eigenvalue weighted by Crippen LogP contribution is 2.27. The number of ether oxygens (including phenoxy) is 3. The van der Waals surface area contributed by atoms with Crippen molar-refractivity contribution in [3.63, 3.8) is 0 Å². The fourth-order valence-corrected chi connectivity index (χ4v) is 3.44. The maximum atomic E-state index is 12.4. The Morgan fingerprint density at radius 1 is 0.868 bits per heavy atom. The normalized spacial score (nSPS) is 10.5. The third-order valence-corrected chi connectivity index (χ3v) is 5.49. The average Bonchev–Trinajstić information content (AvgIpc) is 2.93. The molecule has 10 nitrogen and oxygen atoms in total. The molecule has 0 aliphatic rings. The van der Waals surface area contributed by atoms with Crippen LogP contribution in [0.25, 0.3) is 0 Å². The number of benzene rings is 3. The van der Waals surface area contributed by atoms with Crippen LogP contribution < -0.4 is 30.3 Å². The number of carbonyl (C=O) groups is 3. The third kappa shape index (κ3) is 7.82. The van der Waals surface area contributed by atoms with Gasteiger partial charge in [-0.05, 0) is 66.4 Å². The lowest BCUT2D eigenvalue weighted by Gasteiger charge is -2.13. The molecule has 0 radical (unpaired) electrons. The van der Waals surface area contributed by atoms with Gasteiger partial charge < -0.3 is 24.8 Å². The van der Waals surface area contributed by atoms with Crippen molar-refractivity contribution in [1.29, 1.82) is 0 Å². The predicted octanol–water partition coefficient (Wildman–Crippen LogP) is 3.10. The van der Waals surface area contributed by atoms with Crippen LogP contribution in [0.15, 0.2) is 65.8 Å². The average molecular weight is 519 g/mol. The predicted molar refractivity (Wildman–Crippen MR) is 144 cm³/mol. The highest BCUT2D eigenvalue weighted by molar-refractivity contribution is 6.35. The highest BCUT2D eigenvalue weighted by atomic mass is 16.5. The van der Waals surface area contributed by atoms with Crippen LogP contribution in [0.2, 0.25) is 0 Å². The molecule has 0 saturated heterocycles. The number of hydrogen-bond donors (Lipinski definition) is 3. The molecule has 3 aromatic carbocycles. The Labute approximate surface area is 221 Å². The van der Waals surface area contributed by atoms with E-state index in [2.05, 4.69) is 21.2 Å².